The van der Waals surface area contributed by atoms with Gasteiger partial charge in [-0.2, -0.15) is 0 Å². The number of amides is 2. The van der Waals surface area contributed by atoms with Crippen LogP contribution in [0, 0.1) is 0 Å². The Labute approximate surface area is 113 Å². The fourth-order valence-corrected chi connectivity index (χ4v) is 1.83. The molecular weight excluding hydrogens is 294 g/mol. The average Bonchev–Trinajstić information content (AvgIpc) is 2.32. The van der Waals surface area contributed by atoms with Crippen molar-refractivity contribution in [3.05, 3.63) is 53.0 Å². The molecule has 0 radical (unpaired) electrons. The Kier molecular flexibility index (Phi) is 3.84. The maximum atomic E-state index is 11.7. The summed E-state index contributed by atoms with van der Waals surface area (Å²) < 4.78 is 0.910. The minimum Gasteiger partial charge on any atom is -0.399 e. The van der Waals surface area contributed by atoms with Gasteiger partial charge in [0, 0.05) is 21.5 Å². The number of urea groups is 1. The van der Waals surface area contributed by atoms with E-state index in [0.717, 1.165) is 10.2 Å². The van der Waals surface area contributed by atoms with Gasteiger partial charge in [0.1, 0.15) is 0 Å². The number of hydrogen-bond donors (Lipinski definition) is 3. The smallest absolute Gasteiger partial charge is 0.323 e. The van der Waals surface area contributed by atoms with Crippen molar-refractivity contribution >= 4 is 39.0 Å². The molecular formula is C13H12BrN3O. The van der Waals surface area contributed by atoms with Gasteiger partial charge in [0.05, 0.1) is 0 Å². The van der Waals surface area contributed by atoms with Crippen molar-refractivity contribution in [2.75, 3.05) is 16.4 Å². The van der Waals surface area contributed by atoms with Crippen LogP contribution in [0.2, 0.25) is 0 Å². The van der Waals surface area contributed by atoms with Crippen molar-refractivity contribution in [3.8, 4) is 0 Å². The topological polar surface area (TPSA) is 67.1 Å². The molecule has 0 fully saturated rings. The van der Waals surface area contributed by atoms with E-state index in [0.29, 0.717) is 11.4 Å². The van der Waals surface area contributed by atoms with Gasteiger partial charge in [0.25, 0.3) is 0 Å². The first-order valence-corrected chi connectivity index (χ1v) is 6.12. The van der Waals surface area contributed by atoms with Crippen molar-refractivity contribution in [1.82, 2.24) is 0 Å². The second-order valence-corrected chi connectivity index (χ2v) is 4.63. The average molecular weight is 306 g/mol. The lowest BCUT2D eigenvalue weighted by atomic mass is 10.3. The number of nitrogens with one attached hydrogen (secondary N) is 2. The SMILES string of the molecule is Nc1ccc(NC(=O)Nc2cccc(Br)c2)cc1. The van der Waals surface area contributed by atoms with E-state index in [2.05, 4.69) is 26.6 Å². The van der Waals surface area contributed by atoms with Gasteiger partial charge >= 0.3 is 6.03 Å². The lowest BCUT2D eigenvalue weighted by molar-refractivity contribution is 0.262. The van der Waals surface area contributed by atoms with Crippen LogP contribution in [-0.4, -0.2) is 6.03 Å². The summed E-state index contributed by atoms with van der Waals surface area (Å²) in [6.07, 6.45) is 0. The molecule has 0 unspecified atom stereocenters. The second-order valence-electron chi connectivity index (χ2n) is 3.71. The molecule has 0 atom stereocenters. The summed E-state index contributed by atoms with van der Waals surface area (Å²) >= 11 is 3.34. The van der Waals surface area contributed by atoms with E-state index in [-0.39, 0.29) is 6.03 Å². The molecule has 0 aliphatic heterocycles. The van der Waals surface area contributed by atoms with Crippen molar-refractivity contribution < 1.29 is 4.79 Å². The lowest BCUT2D eigenvalue weighted by Gasteiger charge is -2.08. The van der Waals surface area contributed by atoms with Crippen molar-refractivity contribution in [2.45, 2.75) is 0 Å². The molecule has 2 aromatic carbocycles. The van der Waals surface area contributed by atoms with Gasteiger partial charge in [-0.25, -0.2) is 4.79 Å². The Balaban J connectivity index is 1.98. The molecule has 0 aliphatic rings. The Hall–Kier alpha value is -2.01. The molecule has 2 rings (SSSR count). The monoisotopic (exact) mass is 305 g/mol. The van der Waals surface area contributed by atoms with Crippen LogP contribution in [0.25, 0.3) is 0 Å². The van der Waals surface area contributed by atoms with Gasteiger partial charge in [0.15, 0.2) is 0 Å². The highest BCUT2D eigenvalue weighted by Gasteiger charge is 2.02. The molecule has 18 heavy (non-hydrogen) atoms. The molecule has 2 amide bonds. The number of carbonyl (C=O) groups is 1. The van der Waals surface area contributed by atoms with Crippen LogP contribution in [0.1, 0.15) is 0 Å². The molecule has 2 aromatic rings. The summed E-state index contributed by atoms with van der Waals surface area (Å²) in [5, 5.41) is 5.45. The first-order valence-electron chi connectivity index (χ1n) is 5.32. The fourth-order valence-electron chi connectivity index (χ4n) is 1.43. The highest BCUT2D eigenvalue weighted by Crippen LogP contribution is 2.16. The summed E-state index contributed by atoms with van der Waals surface area (Å²) in [4.78, 5) is 11.7. The number of anilines is 3. The van der Waals surface area contributed by atoms with E-state index in [9.17, 15) is 4.79 Å². The van der Waals surface area contributed by atoms with E-state index < -0.39 is 0 Å². The van der Waals surface area contributed by atoms with Crippen molar-refractivity contribution in [3.63, 3.8) is 0 Å². The van der Waals surface area contributed by atoms with Crippen LogP contribution in [0.5, 0.6) is 0 Å². The van der Waals surface area contributed by atoms with E-state index >= 15 is 0 Å². The Morgan fingerprint density at radius 2 is 1.67 bits per heavy atom. The summed E-state index contributed by atoms with van der Waals surface area (Å²) in [7, 11) is 0. The molecule has 4 N–H and O–H groups in total. The maximum Gasteiger partial charge on any atom is 0.323 e. The maximum absolute atomic E-state index is 11.7. The Morgan fingerprint density at radius 1 is 1.00 bits per heavy atom. The molecule has 4 nitrogen and oxygen atoms in total. The van der Waals surface area contributed by atoms with Crippen LogP contribution >= 0.6 is 15.9 Å². The van der Waals surface area contributed by atoms with Crippen LogP contribution < -0.4 is 16.4 Å². The molecule has 0 aromatic heterocycles. The third-order valence-electron chi connectivity index (χ3n) is 2.25. The summed E-state index contributed by atoms with van der Waals surface area (Å²) in [5.74, 6) is 0. The predicted octanol–water partition coefficient (Wildman–Crippen LogP) is 3.68. The number of carbonyl (C=O) groups excluding carboxylic acids is 1. The van der Waals surface area contributed by atoms with Crippen LogP contribution in [0.3, 0.4) is 0 Å². The second kappa shape index (κ2) is 5.55. The molecule has 5 heteroatoms. The van der Waals surface area contributed by atoms with Crippen molar-refractivity contribution in [1.29, 1.82) is 0 Å². The number of benzene rings is 2. The Bertz CT molecular complexity index is 554. The standard InChI is InChI=1S/C13H12BrN3O/c14-9-2-1-3-12(8-9)17-13(18)16-11-6-4-10(15)5-7-11/h1-8H,15H2,(H2,16,17,18). The zero-order valence-corrected chi connectivity index (χ0v) is 11.1. The number of halogens is 1. The van der Waals surface area contributed by atoms with E-state index in [1.54, 1.807) is 24.3 Å². The summed E-state index contributed by atoms with van der Waals surface area (Å²) in [6.45, 7) is 0. The van der Waals surface area contributed by atoms with Gasteiger partial charge in [-0.05, 0) is 42.5 Å². The fraction of sp³-hybridized carbons (Fsp3) is 0. The molecule has 0 heterocycles. The minimum absolute atomic E-state index is 0.294. The largest absolute Gasteiger partial charge is 0.399 e. The zero-order valence-electron chi connectivity index (χ0n) is 9.48. The minimum atomic E-state index is -0.294. The van der Waals surface area contributed by atoms with Gasteiger partial charge in [-0.3, -0.25) is 0 Å². The highest BCUT2D eigenvalue weighted by molar-refractivity contribution is 9.10. The predicted molar refractivity (Wildman–Crippen MR) is 77.6 cm³/mol. The van der Waals surface area contributed by atoms with E-state index in [1.807, 2.05) is 24.3 Å². The normalized spacial score (nSPS) is 9.83. The highest BCUT2D eigenvalue weighted by atomic mass is 79.9. The number of nitrogens with two attached hydrogens (primary N) is 1. The van der Waals surface area contributed by atoms with Gasteiger partial charge in [-0.1, -0.05) is 22.0 Å². The zero-order chi connectivity index (χ0) is 13.0. The third-order valence-corrected chi connectivity index (χ3v) is 2.74. The quantitative estimate of drug-likeness (QED) is 0.741. The number of rotatable bonds is 2. The van der Waals surface area contributed by atoms with E-state index in [4.69, 9.17) is 5.73 Å². The first-order chi connectivity index (χ1) is 8.63. The first kappa shape index (κ1) is 12.4. The molecule has 0 aliphatic carbocycles. The molecule has 92 valence electrons. The van der Waals surface area contributed by atoms with Crippen LogP contribution in [-0.2, 0) is 0 Å². The van der Waals surface area contributed by atoms with Gasteiger partial charge in [0.2, 0.25) is 0 Å². The number of nitrogen functional groups attached to an aromatic ring is 1. The molecule has 0 saturated carbocycles. The lowest BCUT2D eigenvalue weighted by Crippen LogP contribution is -2.19. The van der Waals surface area contributed by atoms with E-state index in [1.165, 1.54) is 0 Å². The van der Waals surface area contributed by atoms with Crippen LogP contribution in [0.15, 0.2) is 53.0 Å². The van der Waals surface area contributed by atoms with Gasteiger partial charge in [-0.15, -0.1) is 0 Å². The van der Waals surface area contributed by atoms with Crippen molar-refractivity contribution in [2.24, 2.45) is 0 Å². The molecule has 0 bridgehead atoms. The third kappa shape index (κ3) is 3.49. The summed E-state index contributed by atoms with van der Waals surface area (Å²) in [6, 6.07) is 14.0. The van der Waals surface area contributed by atoms with Crippen LogP contribution in [0.4, 0.5) is 21.9 Å². The molecule has 0 spiro atoms. The van der Waals surface area contributed by atoms with Gasteiger partial charge < -0.3 is 16.4 Å². The summed E-state index contributed by atoms with van der Waals surface area (Å²) in [5.41, 5.74) is 7.64. The Morgan fingerprint density at radius 3 is 2.33 bits per heavy atom. The molecule has 0 saturated heterocycles. The number of hydrogen-bond acceptors (Lipinski definition) is 2.